The predicted octanol–water partition coefficient (Wildman–Crippen LogP) is 1.93. The first-order chi connectivity index (χ1) is 11.3. The molecular weight excluding hydrogens is 376 g/mol. The van der Waals surface area contributed by atoms with Crippen LogP contribution in [0.5, 0.6) is 0 Å². The van der Waals surface area contributed by atoms with Gasteiger partial charge in [-0.2, -0.15) is 0 Å². The first-order valence-corrected chi connectivity index (χ1v) is 9.60. The molecule has 1 aromatic rings. The Balaban J connectivity index is 0.00000576. The van der Waals surface area contributed by atoms with E-state index in [1.165, 1.54) is 56.3 Å². The van der Waals surface area contributed by atoms with Crippen LogP contribution in [0.1, 0.15) is 69.9 Å². The fourth-order valence-electron chi connectivity index (χ4n) is 3.04. The molecule has 0 bridgehead atoms. The second-order valence-corrected chi connectivity index (χ2v) is 8.06. The molecule has 146 valence electrons. The topological polar surface area (TPSA) is 35.2 Å². The average Bonchev–Trinajstić information content (AvgIpc) is 2.57. The van der Waals surface area contributed by atoms with Crippen molar-refractivity contribution in [3.63, 3.8) is 0 Å². The van der Waals surface area contributed by atoms with Gasteiger partial charge < -0.3 is 21.5 Å². The van der Waals surface area contributed by atoms with E-state index in [0.717, 1.165) is 17.3 Å². The highest BCUT2D eigenvalue weighted by molar-refractivity contribution is 5.26. The molecule has 0 amide bonds. The smallest absolute Gasteiger partial charge is 0.111 e. The summed E-state index contributed by atoms with van der Waals surface area (Å²) in [6.07, 6.45) is 8.75. The number of nitrogens with two attached hydrogens (primary N) is 1. The molecule has 1 atom stereocenters. The summed E-state index contributed by atoms with van der Waals surface area (Å²) in [7, 11) is 4.64. The van der Waals surface area contributed by atoms with Gasteiger partial charge in [-0.15, -0.1) is 0 Å². The molecule has 0 aliphatic carbocycles. The SMILES string of the molecule is CC[N+](C)(C)CCCCCCCCC(C)(ON)c1ccc(C)cc1.[Br-]. The van der Waals surface area contributed by atoms with Crippen molar-refractivity contribution in [1.82, 2.24) is 0 Å². The number of quaternary nitrogens is 1. The molecule has 25 heavy (non-hydrogen) atoms. The quantitative estimate of drug-likeness (QED) is 0.322. The van der Waals surface area contributed by atoms with Crippen molar-refractivity contribution in [1.29, 1.82) is 0 Å². The third kappa shape index (κ3) is 9.18. The molecule has 0 spiro atoms. The summed E-state index contributed by atoms with van der Waals surface area (Å²) < 4.78 is 1.14. The van der Waals surface area contributed by atoms with Crippen LogP contribution in [0.15, 0.2) is 24.3 Å². The summed E-state index contributed by atoms with van der Waals surface area (Å²) >= 11 is 0. The maximum absolute atomic E-state index is 5.61. The van der Waals surface area contributed by atoms with Gasteiger partial charge in [0.15, 0.2) is 0 Å². The molecule has 0 heterocycles. The molecule has 1 rings (SSSR count). The van der Waals surface area contributed by atoms with E-state index in [1.807, 2.05) is 0 Å². The standard InChI is InChI=1S/C21H39N2O.BrH/c1-6-23(4,5)18-12-10-8-7-9-11-17-21(3,24-22)20-15-13-19(2)14-16-20;/h13-16H,6-12,17-18,22H2,1-5H3;1H/q+1;/p-1. The Morgan fingerprint density at radius 3 is 2.00 bits per heavy atom. The van der Waals surface area contributed by atoms with Gasteiger partial charge in [-0.05, 0) is 45.6 Å². The summed E-state index contributed by atoms with van der Waals surface area (Å²) in [4.78, 5) is 5.36. The van der Waals surface area contributed by atoms with E-state index >= 15 is 0 Å². The zero-order valence-corrected chi connectivity index (χ0v) is 18.6. The Bertz CT molecular complexity index is 461. The largest absolute Gasteiger partial charge is 1.00 e. The third-order valence-electron chi connectivity index (χ3n) is 5.45. The Morgan fingerprint density at radius 1 is 0.960 bits per heavy atom. The first-order valence-electron chi connectivity index (χ1n) is 9.60. The van der Waals surface area contributed by atoms with Crippen LogP contribution in [0.2, 0.25) is 0 Å². The average molecular weight is 415 g/mol. The monoisotopic (exact) mass is 414 g/mol. The van der Waals surface area contributed by atoms with Crippen molar-refractivity contribution in [2.45, 2.75) is 71.3 Å². The van der Waals surface area contributed by atoms with E-state index in [1.54, 1.807) is 0 Å². The third-order valence-corrected chi connectivity index (χ3v) is 5.45. The minimum atomic E-state index is -0.365. The second kappa shape index (κ2) is 12.1. The number of rotatable bonds is 12. The second-order valence-electron chi connectivity index (χ2n) is 8.06. The van der Waals surface area contributed by atoms with E-state index in [4.69, 9.17) is 10.7 Å². The van der Waals surface area contributed by atoms with E-state index in [-0.39, 0.29) is 22.6 Å². The summed E-state index contributed by atoms with van der Waals surface area (Å²) in [6, 6.07) is 8.53. The number of unbranched alkanes of at least 4 members (excludes halogenated alkanes) is 5. The molecule has 0 saturated heterocycles. The number of hydrogen-bond acceptors (Lipinski definition) is 2. The molecule has 0 aliphatic rings. The van der Waals surface area contributed by atoms with Crippen LogP contribution in [0.25, 0.3) is 0 Å². The molecule has 2 N–H and O–H groups in total. The van der Waals surface area contributed by atoms with E-state index in [9.17, 15) is 0 Å². The predicted molar refractivity (Wildman–Crippen MR) is 104 cm³/mol. The lowest BCUT2D eigenvalue weighted by Gasteiger charge is -2.28. The van der Waals surface area contributed by atoms with E-state index in [2.05, 4.69) is 59.1 Å². The molecule has 0 aliphatic heterocycles. The van der Waals surface area contributed by atoms with E-state index < -0.39 is 0 Å². The van der Waals surface area contributed by atoms with Crippen LogP contribution < -0.4 is 22.9 Å². The van der Waals surface area contributed by atoms with Crippen molar-refractivity contribution >= 4 is 0 Å². The van der Waals surface area contributed by atoms with Crippen molar-refractivity contribution in [3.05, 3.63) is 35.4 Å². The fourth-order valence-corrected chi connectivity index (χ4v) is 3.04. The zero-order valence-electron chi connectivity index (χ0n) is 17.0. The van der Waals surface area contributed by atoms with Crippen LogP contribution in [0.4, 0.5) is 0 Å². The molecule has 3 nitrogen and oxygen atoms in total. The van der Waals surface area contributed by atoms with Crippen molar-refractivity contribution in [2.75, 3.05) is 27.2 Å². The van der Waals surface area contributed by atoms with Crippen LogP contribution in [0, 0.1) is 6.92 Å². The highest BCUT2D eigenvalue weighted by Crippen LogP contribution is 2.30. The van der Waals surface area contributed by atoms with Gasteiger partial charge in [-0.3, -0.25) is 4.84 Å². The van der Waals surface area contributed by atoms with Gasteiger partial charge in [0, 0.05) is 0 Å². The summed E-state index contributed by atoms with van der Waals surface area (Å²) in [5.74, 6) is 5.61. The molecular formula is C21H39BrN2O. The van der Waals surface area contributed by atoms with Gasteiger partial charge in [-0.25, -0.2) is 5.90 Å². The number of hydrogen-bond donors (Lipinski definition) is 1. The molecule has 4 heteroatoms. The summed E-state index contributed by atoms with van der Waals surface area (Å²) in [6.45, 7) is 8.98. The van der Waals surface area contributed by atoms with Gasteiger partial charge in [-0.1, -0.05) is 55.5 Å². The van der Waals surface area contributed by atoms with Crippen molar-refractivity contribution < 1.29 is 26.3 Å². The Labute approximate surface area is 166 Å². The van der Waals surface area contributed by atoms with Gasteiger partial charge in [0.2, 0.25) is 0 Å². The van der Waals surface area contributed by atoms with Crippen LogP contribution >= 0.6 is 0 Å². The fraction of sp³-hybridized carbons (Fsp3) is 0.714. The lowest BCUT2D eigenvalue weighted by Crippen LogP contribution is -3.00. The molecule has 0 radical (unpaired) electrons. The van der Waals surface area contributed by atoms with Gasteiger partial charge >= 0.3 is 0 Å². The Hall–Kier alpha value is -0.420. The van der Waals surface area contributed by atoms with E-state index in [0.29, 0.717) is 0 Å². The van der Waals surface area contributed by atoms with Gasteiger partial charge in [0.1, 0.15) is 5.60 Å². The minimum absolute atomic E-state index is 0. The Morgan fingerprint density at radius 2 is 1.48 bits per heavy atom. The molecule has 1 unspecified atom stereocenters. The minimum Gasteiger partial charge on any atom is -1.00 e. The maximum Gasteiger partial charge on any atom is 0.111 e. The molecule has 0 aromatic heterocycles. The maximum atomic E-state index is 5.61. The molecule has 0 fully saturated rings. The van der Waals surface area contributed by atoms with Crippen LogP contribution in [0.3, 0.4) is 0 Å². The normalized spacial score (nSPS) is 14.0. The number of nitrogens with zero attached hydrogens (tertiary/aromatic N) is 1. The Kier molecular flexibility index (Phi) is 11.9. The van der Waals surface area contributed by atoms with Gasteiger partial charge in [0.25, 0.3) is 0 Å². The molecule has 1 aromatic carbocycles. The highest BCUT2D eigenvalue weighted by Gasteiger charge is 2.26. The summed E-state index contributed by atoms with van der Waals surface area (Å²) in [5.41, 5.74) is 2.08. The number of benzene rings is 1. The molecule has 0 saturated carbocycles. The highest BCUT2D eigenvalue weighted by atomic mass is 79.9. The number of aryl methyl sites for hydroxylation is 1. The van der Waals surface area contributed by atoms with Crippen molar-refractivity contribution in [2.24, 2.45) is 5.90 Å². The zero-order chi connectivity index (χ0) is 18.1. The number of halogens is 1. The first kappa shape index (κ1) is 24.6. The van der Waals surface area contributed by atoms with Crippen molar-refractivity contribution in [3.8, 4) is 0 Å². The lowest BCUT2D eigenvalue weighted by molar-refractivity contribution is -0.888. The van der Waals surface area contributed by atoms with Gasteiger partial charge in [0.05, 0.1) is 27.2 Å². The summed E-state index contributed by atoms with van der Waals surface area (Å²) in [5, 5.41) is 0. The van der Waals surface area contributed by atoms with Crippen LogP contribution in [-0.2, 0) is 10.4 Å². The lowest BCUT2D eigenvalue weighted by atomic mass is 9.89. The van der Waals surface area contributed by atoms with Crippen LogP contribution in [-0.4, -0.2) is 31.7 Å².